The molecule has 100 valence electrons. The molecule has 1 aromatic rings. The van der Waals surface area contributed by atoms with E-state index in [1.54, 1.807) is 12.1 Å². The molecular weight excluding hydrogens is 248 g/mol. The maximum atomic E-state index is 11.1. The second kappa shape index (κ2) is 4.46. The van der Waals surface area contributed by atoms with Crippen molar-refractivity contribution in [1.29, 1.82) is 0 Å². The molecule has 0 aromatic heterocycles. The molecule has 0 bridgehead atoms. The molecule has 18 heavy (non-hydrogen) atoms. The van der Waals surface area contributed by atoms with Crippen molar-refractivity contribution >= 4 is 21.4 Å². The Morgan fingerprint density at radius 3 is 2.11 bits per heavy atom. The summed E-state index contributed by atoms with van der Waals surface area (Å²) in [6, 6.07) is 7.77. The van der Waals surface area contributed by atoms with E-state index < -0.39 is 10.0 Å². The van der Waals surface area contributed by atoms with Gasteiger partial charge in [0, 0.05) is 17.4 Å². The lowest BCUT2D eigenvalue weighted by atomic mass is 10.0. The standard InChI is InChI=1S/C13H20N2O2S/c1-10(13(2)8-9-13)14-11-4-6-12(7-5-11)15-18(3,16)17/h4-7,10,14-15H,8-9H2,1-3H3. The van der Waals surface area contributed by atoms with Crippen LogP contribution in [-0.2, 0) is 10.0 Å². The van der Waals surface area contributed by atoms with Crippen LogP contribution in [0.15, 0.2) is 24.3 Å². The summed E-state index contributed by atoms with van der Waals surface area (Å²) in [5.41, 5.74) is 2.03. The van der Waals surface area contributed by atoms with Crippen molar-refractivity contribution < 1.29 is 8.42 Å². The molecule has 1 unspecified atom stereocenters. The van der Waals surface area contributed by atoms with E-state index in [0.29, 0.717) is 17.1 Å². The predicted molar refractivity (Wildman–Crippen MR) is 75.3 cm³/mol. The Morgan fingerprint density at radius 2 is 1.67 bits per heavy atom. The van der Waals surface area contributed by atoms with E-state index in [0.717, 1.165) is 11.9 Å². The largest absolute Gasteiger partial charge is 0.382 e. The van der Waals surface area contributed by atoms with Crippen molar-refractivity contribution in [3.63, 3.8) is 0 Å². The summed E-state index contributed by atoms with van der Waals surface area (Å²) < 4.78 is 24.6. The molecule has 1 aliphatic carbocycles. The van der Waals surface area contributed by atoms with Crippen LogP contribution in [0.4, 0.5) is 11.4 Å². The maximum absolute atomic E-state index is 11.1. The minimum absolute atomic E-state index is 0.420. The highest BCUT2D eigenvalue weighted by molar-refractivity contribution is 7.92. The van der Waals surface area contributed by atoms with Gasteiger partial charge in [-0.25, -0.2) is 8.42 Å². The third-order valence-corrected chi connectivity index (χ3v) is 4.26. The Balaban J connectivity index is 1.99. The van der Waals surface area contributed by atoms with Crippen LogP contribution in [0, 0.1) is 5.41 Å². The van der Waals surface area contributed by atoms with E-state index in [1.807, 2.05) is 12.1 Å². The smallest absolute Gasteiger partial charge is 0.229 e. The summed E-state index contributed by atoms with van der Waals surface area (Å²) in [6.07, 6.45) is 3.69. The number of sulfonamides is 1. The van der Waals surface area contributed by atoms with Gasteiger partial charge in [0.05, 0.1) is 6.26 Å². The molecule has 2 N–H and O–H groups in total. The number of hydrogen-bond acceptors (Lipinski definition) is 3. The molecule has 2 rings (SSSR count). The Hall–Kier alpha value is -1.23. The highest BCUT2D eigenvalue weighted by atomic mass is 32.2. The van der Waals surface area contributed by atoms with Crippen LogP contribution in [0.25, 0.3) is 0 Å². The van der Waals surface area contributed by atoms with E-state index in [2.05, 4.69) is 23.9 Å². The maximum Gasteiger partial charge on any atom is 0.229 e. The fourth-order valence-corrected chi connectivity index (χ4v) is 2.47. The van der Waals surface area contributed by atoms with Gasteiger partial charge in [-0.3, -0.25) is 4.72 Å². The number of rotatable bonds is 5. The Bertz CT molecular complexity index is 518. The van der Waals surface area contributed by atoms with Crippen molar-refractivity contribution in [3.8, 4) is 0 Å². The summed E-state index contributed by atoms with van der Waals surface area (Å²) in [5, 5.41) is 3.46. The van der Waals surface area contributed by atoms with E-state index >= 15 is 0 Å². The highest BCUT2D eigenvalue weighted by Gasteiger charge is 2.42. The minimum Gasteiger partial charge on any atom is -0.382 e. The predicted octanol–water partition coefficient (Wildman–Crippen LogP) is 2.66. The van der Waals surface area contributed by atoms with Crippen molar-refractivity contribution in [1.82, 2.24) is 0 Å². The van der Waals surface area contributed by atoms with E-state index in [9.17, 15) is 8.42 Å². The first-order valence-corrected chi connectivity index (χ1v) is 8.02. The highest BCUT2D eigenvalue weighted by Crippen LogP contribution is 2.48. The molecule has 1 aromatic carbocycles. The summed E-state index contributed by atoms with van der Waals surface area (Å²) >= 11 is 0. The summed E-state index contributed by atoms with van der Waals surface area (Å²) in [4.78, 5) is 0. The van der Waals surface area contributed by atoms with Gasteiger partial charge in [0.2, 0.25) is 10.0 Å². The van der Waals surface area contributed by atoms with Gasteiger partial charge >= 0.3 is 0 Å². The first kappa shape index (κ1) is 13.2. The quantitative estimate of drug-likeness (QED) is 0.863. The van der Waals surface area contributed by atoms with E-state index in [-0.39, 0.29) is 0 Å². The van der Waals surface area contributed by atoms with Crippen LogP contribution in [0.3, 0.4) is 0 Å². The van der Waals surface area contributed by atoms with Gasteiger partial charge in [-0.15, -0.1) is 0 Å². The van der Waals surface area contributed by atoms with Gasteiger partial charge in [0.15, 0.2) is 0 Å². The van der Waals surface area contributed by atoms with Crippen LogP contribution in [0.1, 0.15) is 26.7 Å². The van der Waals surface area contributed by atoms with Crippen molar-refractivity contribution in [2.45, 2.75) is 32.7 Å². The lowest BCUT2D eigenvalue weighted by Crippen LogP contribution is -2.24. The van der Waals surface area contributed by atoms with E-state index in [1.165, 1.54) is 12.8 Å². The number of nitrogens with one attached hydrogen (secondary N) is 2. The van der Waals surface area contributed by atoms with Crippen molar-refractivity contribution in [2.75, 3.05) is 16.3 Å². The molecule has 1 aliphatic rings. The number of anilines is 2. The minimum atomic E-state index is -3.20. The Kier molecular flexibility index (Phi) is 3.27. The summed E-state index contributed by atoms with van der Waals surface area (Å²) in [5.74, 6) is 0. The Morgan fingerprint density at radius 1 is 1.17 bits per heavy atom. The van der Waals surface area contributed by atoms with Crippen LogP contribution in [0.5, 0.6) is 0 Å². The van der Waals surface area contributed by atoms with Crippen molar-refractivity contribution in [3.05, 3.63) is 24.3 Å². The molecule has 0 aliphatic heterocycles. The van der Waals surface area contributed by atoms with Crippen LogP contribution in [-0.4, -0.2) is 20.7 Å². The molecule has 0 saturated heterocycles. The molecule has 0 spiro atoms. The fourth-order valence-electron chi connectivity index (χ4n) is 1.90. The molecule has 0 radical (unpaired) electrons. The molecule has 1 fully saturated rings. The average molecular weight is 268 g/mol. The zero-order valence-electron chi connectivity index (χ0n) is 11.0. The zero-order valence-corrected chi connectivity index (χ0v) is 11.8. The van der Waals surface area contributed by atoms with Gasteiger partial charge in [-0.1, -0.05) is 6.92 Å². The van der Waals surface area contributed by atoms with Gasteiger partial charge in [-0.05, 0) is 49.4 Å². The lowest BCUT2D eigenvalue weighted by Gasteiger charge is -2.21. The third-order valence-electron chi connectivity index (χ3n) is 3.66. The first-order valence-electron chi connectivity index (χ1n) is 6.13. The van der Waals surface area contributed by atoms with Gasteiger partial charge < -0.3 is 5.32 Å². The molecule has 1 saturated carbocycles. The molecule has 4 nitrogen and oxygen atoms in total. The van der Waals surface area contributed by atoms with Crippen LogP contribution < -0.4 is 10.0 Å². The zero-order chi connectivity index (χ0) is 13.4. The molecule has 0 amide bonds. The topological polar surface area (TPSA) is 58.2 Å². The third kappa shape index (κ3) is 3.38. The molecule has 0 heterocycles. The SMILES string of the molecule is CC(Nc1ccc(NS(C)(=O)=O)cc1)C1(C)CC1. The monoisotopic (exact) mass is 268 g/mol. The van der Waals surface area contributed by atoms with Crippen LogP contribution in [0.2, 0.25) is 0 Å². The van der Waals surface area contributed by atoms with Crippen molar-refractivity contribution in [2.24, 2.45) is 5.41 Å². The Labute approximate surface area is 109 Å². The number of hydrogen-bond donors (Lipinski definition) is 2. The first-order chi connectivity index (χ1) is 8.28. The molecule has 1 atom stereocenters. The second-order valence-electron chi connectivity index (χ2n) is 5.47. The van der Waals surface area contributed by atoms with Gasteiger partial charge in [0.25, 0.3) is 0 Å². The molecular formula is C13H20N2O2S. The lowest BCUT2D eigenvalue weighted by molar-refractivity contribution is 0.493. The van der Waals surface area contributed by atoms with Gasteiger partial charge in [-0.2, -0.15) is 0 Å². The summed E-state index contributed by atoms with van der Waals surface area (Å²) in [6.45, 7) is 4.47. The summed E-state index contributed by atoms with van der Waals surface area (Å²) in [7, 11) is -3.20. The normalized spacial score (nSPS) is 19.1. The fraction of sp³-hybridized carbons (Fsp3) is 0.538. The van der Waals surface area contributed by atoms with Crippen LogP contribution >= 0.6 is 0 Å². The molecule has 5 heteroatoms. The number of benzene rings is 1. The van der Waals surface area contributed by atoms with Gasteiger partial charge in [0.1, 0.15) is 0 Å². The average Bonchev–Trinajstić information content (AvgIpc) is 2.99. The second-order valence-corrected chi connectivity index (χ2v) is 7.22. The van der Waals surface area contributed by atoms with E-state index in [4.69, 9.17) is 0 Å².